The Hall–Kier alpha value is -4.08. The van der Waals surface area contributed by atoms with Crippen LogP contribution in [-0.4, -0.2) is 67.4 Å². The van der Waals surface area contributed by atoms with Gasteiger partial charge in [-0.15, -0.1) is 0 Å². The molecule has 0 aromatic heterocycles. The Morgan fingerprint density at radius 3 is 2.33 bits per heavy atom. The van der Waals surface area contributed by atoms with Crippen LogP contribution in [0.2, 0.25) is 0 Å². The second-order valence-corrected chi connectivity index (χ2v) is 13.4. The molecule has 3 rings (SSSR count). The minimum Gasteiger partial charge on any atom is -0.496 e. The normalized spacial score (nSPS) is 19.7. The Labute approximate surface area is 274 Å². The number of para-hydroxylation sites is 1. The van der Waals surface area contributed by atoms with Crippen molar-refractivity contribution in [2.24, 2.45) is 11.8 Å². The molecule has 0 unspecified atom stereocenters. The van der Waals surface area contributed by atoms with Gasteiger partial charge in [-0.05, 0) is 78.5 Å². The second-order valence-electron chi connectivity index (χ2n) is 13.4. The zero-order chi connectivity index (χ0) is 34.1. The number of aryl methyl sites for hydroxylation is 1. The van der Waals surface area contributed by atoms with Crippen molar-refractivity contribution in [3.63, 3.8) is 0 Å². The summed E-state index contributed by atoms with van der Waals surface area (Å²) in [5.41, 5.74) is 3.09. The van der Waals surface area contributed by atoms with Crippen LogP contribution in [0.1, 0.15) is 93.8 Å². The fraction of sp³-hybridized carbons (Fsp3) is 0.556. The number of benzene rings is 2. The third-order valence-corrected chi connectivity index (χ3v) is 8.32. The summed E-state index contributed by atoms with van der Waals surface area (Å²) in [6, 6.07) is 8.46. The highest BCUT2D eigenvalue weighted by Crippen LogP contribution is 2.29. The summed E-state index contributed by atoms with van der Waals surface area (Å²) in [7, 11) is 3.36. The first kappa shape index (κ1) is 36.4. The summed E-state index contributed by atoms with van der Waals surface area (Å²) >= 11 is 0. The van der Waals surface area contributed by atoms with E-state index in [9.17, 15) is 19.2 Å². The van der Waals surface area contributed by atoms with E-state index in [4.69, 9.17) is 9.47 Å². The summed E-state index contributed by atoms with van der Waals surface area (Å²) < 4.78 is 11.7. The van der Waals surface area contributed by atoms with Gasteiger partial charge in [0.1, 0.15) is 30.2 Å². The Kier molecular flexibility index (Phi) is 13.0. The Bertz CT molecular complexity index is 1390. The lowest BCUT2D eigenvalue weighted by molar-refractivity contribution is -0.138. The minimum atomic E-state index is -1.20. The molecule has 1 heterocycles. The lowest BCUT2D eigenvalue weighted by atomic mass is 9.96. The molecule has 0 fully saturated rings. The van der Waals surface area contributed by atoms with E-state index in [-0.39, 0.29) is 54.8 Å². The maximum atomic E-state index is 13.8. The number of nitrogens with one attached hydrogen (secondary N) is 3. The number of carbonyl (C=O) groups is 4. The molecule has 10 nitrogen and oxygen atoms in total. The van der Waals surface area contributed by atoms with Crippen LogP contribution >= 0.6 is 0 Å². The van der Waals surface area contributed by atoms with Crippen molar-refractivity contribution in [2.45, 2.75) is 98.3 Å². The molecule has 0 bridgehead atoms. The number of ether oxygens (including phenoxy) is 2. The first-order valence-electron chi connectivity index (χ1n) is 16.3. The predicted molar refractivity (Wildman–Crippen MR) is 179 cm³/mol. The maximum Gasteiger partial charge on any atom is 0.255 e. The van der Waals surface area contributed by atoms with Crippen LogP contribution in [0.5, 0.6) is 11.5 Å². The molecule has 0 aliphatic carbocycles. The molecule has 0 spiro atoms. The summed E-state index contributed by atoms with van der Waals surface area (Å²) in [5, 5.41) is 8.56. The Balaban J connectivity index is 1.96. The van der Waals surface area contributed by atoms with Gasteiger partial charge in [-0.2, -0.15) is 0 Å². The van der Waals surface area contributed by atoms with E-state index < -0.39 is 29.8 Å². The van der Waals surface area contributed by atoms with Crippen molar-refractivity contribution in [2.75, 3.05) is 20.8 Å². The first-order valence-corrected chi connectivity index (χ1v) is 16.3. The number of likely N-dealkylation sites (N-methyl/N-ethyl adjacent to an activating group) is 1. The van der Waals surface area contributed by atoms with Crippen molar-refractivity contribution in [1.82, 2.24) is 20.9 Å². The topological polar surface area (TPSA) is 126 Å². The summed E-state index contributed by atoms with van der Waals surface area (Å²) in [5.74, 6) is -0.0543. The molecule has 1 aliphatic rings. The summed E-state index contributed by atoms with van der Waals surface area (Å²) in [4.78, 5) is 56.2. The Morgan fingerprint density at radius 1 is 1.02 bits per heavy atom. The van der Waals surface area contributed by atoms with E-state index in [2.05, 4.69) is 43.6 Å². The fourth-order valence-corrected chi connectivity index (χ4v) is 5.72. The summed E-state index contributed by atoms with van der Waals surface area (Å²) in [6.07, 6.45) is 0.749. The molecule has 4 amide bonds. The molecule has 0 saturated carbocycles. The molecule has 0 radical (unpaired) electrons. The average Bonchev–Trinajstić information content (AvgIpc) is 2.99. The zero-order valence-corrected chi connectivity index (χ0v) is 28.9. The molecule has 3 N–H and O–H groups in total. The van der Waals surface area contributed by atoms with Crippen LogP contribution in [-0.2, 0) is 20.9 Å². The lowest BCUT2D eigenvalue weighted by Gasteiger charge is -2.33. The average molecular weight is 637 g/mol. The molecule has 252 valence electrons. The van der Waals surface area contributed by atoms with Crippen LogP contribution in [0, 0.1) is 18.8 Å². The number of hydrogen-bond acceptors (Lipinski definition) is 6. The lowest BCUT2D eigenvalue weighted by Crippen LogP contribution is -2.54. The number of hydrogen-bond donors (Lipinski definition) is 3. The standard InChI is InChI=1S/C36H52N4O6/c1-21(2)14-26-20-46-31-13-11-10-12-27(31)34(42)39-29(18-33(41)38-30(15-22(3)4)36(44)40(26)8)35(43)37-19-25-17-28(23(5)6)32(45-9)16-24(25)7/h10-13,16-17,21-23,26,29-30H,14-15,18-20H2,1-9H3,(H,37,43)(H,38,41)(H,39,42)/t26-,29-,30+/m0/s1. The van der Waals surface area contributed by atoms with Crippen LogP contribution < -0.4 is 25.4 Å². The van der Waals surface area contributed by atoms with E-state index in [1.54, 1.807) is 43.3 Å². The number of rotatable bonds is 9. The number of fused-ring (bicyclic) bond motifs is 1. The molecule has 0 saturated heterocycles. The van der Waals surface area contributed by atoms with Crippen molar-refractivity contribution in [1.29, 1.82) is 0 Å². The van der Waals surface area contributed by atoms with Gasteiger partial charge in [0.05, 0.1) is 25.1 Å². The number of methoxy groups -OCH3 is 1. The number of carbonyl (C=O) groups excluding carboxylic acids is 4. The van der Waals surface area contributed by atoms with E-state index >= 15 is 0 Å². The number of amides is 4. The monoisotopic (exact) mass is 636 g/mol. The molecule has 10 heteroatoms. The van der Waals surface area contributed by atoms with E-state index in [1.807, 2.05) is 32.9 Å². The van der Waals surface area contributed by atoms with Crippen molar-refractivity contribution in [3.8, 4) is 11.5 Å². The highest BCUT2D eigenvalue weighted by atomic mass is 16.5. The largest absolute Gasteiger partial charge is 0.496 e. The van der Waals surface area contributed by atoms with Gasteiger partial charge in [-0.25, -0.2) is 0 Å². The highest BCUT2D eigenvalue weighted by Gasteiger charge is 2.33. The van der Waals surface area contributed by atoms with Gasteiger partial charge in [0.25, 0.3) is 5.91 Å². The van der Waals surface area contributed by atoms with Crippen molar-refractivity contribution >= 4 is 23.6 Å². The van der Waals surface area contributed by atoms with Crippen LogP contribution in [0.25, 0.3) is 0 Å². The molecule has 2 aromatic rings. The van der Waals surface area contributed by atoms with Crippen molar-refractivity contribution < 1.29 is 28.7 Å². The van der Waals surface area contributed by atoms with Crippen LogP contribution in [0.4, 0.5) is 0 Å². The second kappa shape index (κ2) is 16.5. The Morgan fingerprint density at radius 2 is 1.70 bits per heavy atom. The SMILES string of the molecule is COc1cc(C)c(CNC(=O)[C@@H]2CC(=O)N[C@H](CC(C)C)C(=O)N(C)[C@@H](CC(C)C)COc3ccccc3C(=O)N2)cc1C(C)C. The van der Waals surface area contributed by atoms with Crippen LogP contribution in [0.3, 0.4) is 0 Å². The van der Waals surface area contributed by atoms with Gasteiger partial charge >= 0.3 is 0 Å². The third kappa shape index (κ3) is 9.71. The number of nitrogens with zero attached hydrogens (tertiary/aromatic N) is 1. The molecule has 46 heavy (non-hydrogen) atoms. The molecule has 2 aromatic carbocycles. The molecule has 1 aliphatic heterocycles. The van der Waals surface area contributed by atoms with E-state index in [0.29, 0.717) is 18.6 Å². The van der Waals surface area contributed by atoms with Gasteiger partial charge < -0.3 is 30.3 Å². The van der Waals surface area contributed by atoms with E-state index in [1.165, 1.54) is 0 Å². The zero-order valence-electron chi connectivity index (χ0n) is 28.9. The highest BCUT2D eigenvalue weighted by molar-refractivity contribution is 6.01. The van der Waals surface area contributed by atoms with Gasteiger partial charge in [0.15, 0.2) is 0 Å². The quantitative estimate of drug-likeness (QED) is 0.366. The minimum absolute atomic E-state index is 0.121. The van der Waals surface area contributed by atoms with Gasteiger partial charge in [-0.1, -0.05) is 53.7 Å². The van der Waals surface area contributed by atoms with Gasteiger partial charge in [-0.3, -0.25) is 19.2 Å². The predicted octanol–water partition coefficient (Wildman–Crippen LogP) is 4.73. The maximum absolute atomic E-state index is 13.8. The van der Waals surface area contributed by atoms with Gasteiger partial charge in [0, 0.05) is 13.6 Å². The molecular formula is C36H52N4O6. The smallest absolute Gasteiger partial charge is 0.255 e. The third-order valence-electron chi connectivity index (χ3n) is 8.32. The molecule has 3 atom stereocenters. The van der Waals surface area contributed by atoms with E-state index in [0.717, 1.165) is 22.4 Å². The van der Waals surface area contributed by atoms with Crippen molar-refractivity contribution in [3.05, 3.63) is 58.7 Å². The van der Waals surface area contributed by atoms with Gasteiger partial charge in [0.2, 0.25) is 17.7 Å². The molecular weight excluding hydrogens is 584 g/mol. The van der Waals surface area contributed by atoms with Crippen LogP contribution in [0.15, 0.2) is 36.4 Å². The fourth-order valence-electron chi connectivity index (χ4n) is 5.72. The summed E-state index contributed by atoms with van der Waals surface area (Å²) in [6.45, 7) is 14.5. The first-order chi connectivity index (χ1) is 21.7.